The molecule has 1 aliphatic rings. The standard InChI is InChI=1S/C30H31N3O4/c1-4-8-21-13-14-27(28(17-21)36-3)37-16-15-32-26-12-6-5-11-25(26)31-30(32)22-18-29(34)33(20-22)23-9-7-10-24(19-23)35-2/h4-7,9-14,17,19,22H,1,8,15-16,18,20H2,2-3H3. The largest absolute Gasteiger partial charge is 0.497 e. The zero-order valence-electron chi connectivity index (χ0n) is 21.2. The molecule has 0 spiro atoms. The number of para-hydroxylation sites is 2. The van der Waals surface area contributed by atoms with E-state index < -0.39 is 0 Å². The fraction of sp³-hybridized carbons (Fsp3) is 0.267. The molecule has 7 heteroatoms. The molecule has 1 unspecified atom stereocenters. The van der Waals surface area contributed by atoms with Crippen LogP contribution >= 0.6 is 0 Å². The number of carbonyl (C=O) groups is 1. The van der Waals surface area contributed by atoms with Gasteiger partial charge >= 0.3 is 0 Å². The van der Waals surface area contributed by atoms with Crippen molar-refractivity contribution in [3.05, 3.63) is 90.8 Å². The number of imidazole rings is 1. The molecule has 1 atom stereocenters. The van der Waals surface area contributed by atoms with Crippen LogP contribution in [0.5, 0.6) is 17.2 Å². The SMILES string of the molecule is C=CCc1ccc(OCCn2c(C3CC(=O)N(c4cccc(OC)c4)C3)nc3ccccc32)c(OC)c1. The highest BCUT2D eigenvalue weighted by Gasteiger charge is 2.35. The van der Waals surface area contributed by atoms with Crippen LogP contribution in [0.1, 0.15) is 23.7 Å². The lowest BCUT2D eigenvalue weighted by Crippen LogP contribution is -2.24. The molecule has 0 bridgehead atoms. The number of rotatable bonds is 10. The van der Waals surface area contributed by atoms with Gasteiger partial charge in [0.25, 0.3) is 0 Å². The highest BCUT2D eigenvalue weighted by molar-refractivity contribution is 5.96. The number of nitrogens with zero attached hydrogens (tertiary/aromatic N) is 3. The molecule has 3 aromatic carbocycles. The van der Waals surface area contributed by atoms with E-state index in [1.54, 1.807) is 14.2 Å². The van der Waals surface area contributed by atoms with Crippen LogP contribution in [0.4, 0.5) is 5.69 Å². The molecule has 1 fully saturated rings. The monoisotopic (exact) mass is 497 g/mol. The van der Waals surface area contributed by atoms with Crippen LogP contribution in [0.25, 0.3) is 11.0 Å². The quantitative estimate of drug-likeness (QED) is 0.275. The second-order valence-electron chi connectivity index (χ2n) is 9.04. The minimum absolute atomic E-state index is 0.0289. The summed E-state index contributed by atoms with van der Waals surface area (Å²) in [4.78, 5) is 19.8. The number of hydrogen-bond acceptors (Lipinski definition) is 5. The summed E-state index contributed by atoms with van der Waals surface area (Å²) in [7, 11) is 3.27. The summed E-state index contributed by atoms with van der Waals surface area (Å²) in [6.45, 7) is 5.40. The number of methoxy groups -OCH3 is 2. The summed E-state index contributed by atoms with van der Waals surface area (Å²) >= 11 is 0. The molecule has 4 aromatic rings. The summed E-state index contributed by atoms with van der Waals surface area (Å²) in [5.41, 5.74) is 3.90. The lowest BCUT2D eigenvalue weighted by molar-refractivity contribution is -0.117. The maximum Gasteiger partial charge on any atom is 0.227 e. The van der Waals surface area contributed by atoms with Gasteiger partial charge < -0.3 is 23.7 Å². The van der Waals surface area contributed by atoms with E-state index in [4.69, 9.17) is 19.2 Å². The number of aromatic nitrogens is 2. The molecule has 0 radical (unpaired) electrons. The normalized spacial score (nSPS) is 15.2. The Labute approximate surface area is 216 Å². The zero-order chi connectivity index (χ0) is 25.8. The lowest BCUT2D eigenvalue weighted by Gasteiger charge is -2.18. The van der Waals surface area contributed by atoms with Gasteiger partial charge in [0.05, 0.1) is 31.8 Å². The molecule has 1 amide bonds. The Morgan fingerprint density at radius 3 is 2.70 bits per heavy atom. The second kappa shape index (κ2) is 10.8. The Bertz CT molecular complexity index is 1430. The van der Waals surface area contributed by atoms with Gasteiger partial charge in [-0.3, -0.25) is 4.79 Å². The van der Waals surface area contributed by atoms with Gasteiger partial charge in [-0.2, -0.15) is 0 Å². The van der Waals surface area contributed by atoms with E-state index in [9.17, 15) is 4.79 Å². The summed E-state index contributed by atoms with van der Waals surface area (Å²) in [5, 5.41) is 0. The summed E-state index contributed by atoms with van der Waals surface area (Å²) in [5.74, 6) is 3.08. The third-order valence-corrected chi connectivity index (χ3v) is 6.72. The molecule has 1 saturated heterocycles. The number of hydrogen-bond donors (Lipinski definition) is 0. The van der Waals surface area contributed by atoms with Crippen molar-refractivity contribution >= 4 is 22.6 Å². The van der Waals surface area contributed by atoms with E-state index in [2.05, 4.69) is 17.2 Å². The molecule has 0 N–H and O–H groups in total. The van der Waals surface area contributed by atoms with E-state index in [0.29, 0.717) is 37.6 Å². The topological polar surface area (TPSA) is 65.8 Å². The van der Waals surface area contributed by atoms with Crippen molar-refractivity contribution in [3.8, 4) is 17.2 Å². The van der Waals surface area contributed by atoms with Crippen molar-refractivity contribution in [3.63, 3.8) is 0 Å². The number of anilines is 1. The predicted molar refractivity (Wildman–Crippen MR) is 145 cm³/mol. The van der Waals surface area contributed by atoms with Crippen LogP contribution in [0.3, 0.4) is 0 Å². The first kappa shape index (κ1) is 24.4. The Kier molecular flexibility index (Phi) is 7.12. The van der Waals surface area contributed by atoms with Crippen molar-refractivity contribution in [2.45, 2.75) is 25.3 Å². The highest BCUT2D eigenvalue weighted by atomic mass is 16.5. The van der Waals surface area contributed by atoms with Crippen LogP contribution in [0, 0.1) is 0 Å². The Morgan fingerprint density at radius 1 is 1.03 bits per heavy atom. The van der Waals surface area contributed by atoms with Gasteiger partial charge in [0.2, 0.25) is 5.91 Å². The molecule has 1 aliphatic heterocycles. The van der Waals surface area contributed by atoms with Crippen LogP contribution < -0.4 is 19.1 Å². The van der Waals surface area contributed by atoms with Crippen molar-refractivity contribution in [2.24, 2.45) is 0 Å². The van der Waals surface area contributed by atoms with Crippen molar-refractivity contribution in [2.75, 3.05) is 32.3 Å². The van der Waals surface area contributed by atoms with Crippen LogP contribution in [-0.2, 0) is 17.8 Å². The lowest BCUT2D eigenvalue weighted by atomic mass is 10.1. The molecular weight excluding hydrogens is 466 g/mol. The molecule has 1 aromatic heterocycles. The number of ether oxygens (including phenoxy) is 3. The average molecular weight is 498 g/mol. The third-order valence-electron chi connectivity index (χ3n) is 6.72. The van der Waals surface area contributed by atoms with Gasteiger partial charge in [-0.15, -0.1) is 6.58 Å². The molecule has 37 heavy (non-hydrogen) atoms. The second-order valence-corrected chi connectivity index (χ2v) is 9.04. The van der Waals surface area contributed by atoms with Crippen LogP contribution in [0.2, 0.25) is 0 Å². The van der Waals surface area contributed by atoms with E-state index in [0.717, 1.165) is 40.3 Å². The minimum Gasteiger partial charge on any atom is -0.497 e. The Balaban J connectivity index is 1.37. The molecule has 0 saturated carbocycles. The zero-order valence-corrected chi connectivity index (χ0v) is 21.2. The van der Waals surface area contributed by atoms with E-state index >= 15 is 0 Å². The summed E-state index contributed by atoms with van der Waals surface area (Å²) in [6.07, 6.45) is 3.04. The molecule has 7 nitrogen and oxygen atoms in total. The first-order valence-corrected chi connectivity index (χ1v) is 12.4. The average Bonchev–Trinajstić information content (AvgIpc) is 3.50. The Hall–Kier alpha value is -4.26. The molecule has 2 heterocycles. The predicted octanol–water partition coefficient (Wildman–Crippen LogP) is 5.38. The minimum atomic E-state index is -0.0289. The molecule has 190 valence electrons. The van der Waals surface area contributed by atoms with E-state index in [1.165, 1.54) is 0 Å². The van der Waals surface area contributed by atoms with Gasteiger partial charge in [0.1, 0.15) is 18.2 Å². The van der Waals surface area contributed by atoms with Gasteiger partial charge in [-0.25, -0.2) is 4.98 Å². The van der Waals surface area contributed by atoms with Crippen molar-refractivity contribution in [1.29, 1.82) is 0 Å². The van der Waals surface area contributed by atoms with Crippen LogP contribution in [-0.4, -0.2) is 42.8 Å². The maximum absolute atomic E-state index is 13.0. The van der Waals surface area contributed by atoms with Gasteiger partial charge in [-0.05, 0) is 48.4 Å². The number of allylic oxidation sites excluding steroid dienone is 1. The number of amides is 1. The maximum atomic E-state index is 13.0. The number of fused-ring (bicyclic) bond motifs is 1. The molecule has 0 aliphatic carbocycles. The molecular formula is C30H31N3O4. The Morgan fingerprint density at radius 2 is 1.89 bits per heavy atom. The third kappa shape index (κ3) is 5.03. The van der Waals surface area contributed by atoms with Gasteiger partial charge in [0, 0.05) is 30.6 Å². The first-order valence-electron chi connectivity index (χ1n) is 12.4. The number of carbonyl (C=O) groups excluding carboxylic acids is 1. The van der Waals surface area contributed by atoms with Crippen LogP contribution in [0.15, 0.2) is 79.4 Å². The van der Waals surface area contributed by atoms with E-state index in [-0.39, 0.29) is 11.8 Å². The van der Waals surface area contributed by atoms with Gasteiger partial charge in [0.15, 0.2) is 11.5 Å². The number of benzene rings is 3. The summed E-state index contributed by atoms with van der Waals surface area (Å²) in [6, 6.07) is 21.6. The van der Waals surface area contributed by atoms with E-state index in [1.807, 2.05) is 71.6 Å². The fourth-order valence-corrected chi connectivity index (χ4v) is 4.92. The molecule has 5 rings (SSSR count). The van der Waals surface area contributed by atoms with Gasteiger partial charge in [-0.1, -0.05) is 30.3 Å². The highest BCUT2D eigenvalue weighted by Crippen LogP contribution is 2.34. The first-order chi connectivity index (χ1) is 18.1. The van der Waals surface area contributed by atoms with Crippen molar-refractivity contribution in [1.82, 2.24) is 9.55 Å². The fourth-order valence-electron chi connectivity index (χ4n) is 4.92. The summed E-state index contributed by atoms with van der Waals surface area (Å²) < 4.78 is 19.2. The van der Waals surface area contributed by atoms with Crippen molar-refractivity contribution < 1.29 is 19.0 Å². The smallest absolute Gasteiger partial charge is 0.227 e.